The van der Waals surface area contributed by atoms with Gasteiger partial charge in [-0.15, -0.1) is 0 Å². The standard InChI is InChI=1S/C13H20FN3O2S/c1-9-12(14)6-11(7-13(9)15)20(18,19)16-10-4-3-5-17(2)8-10/h6-7,10,16H,3-5,8,15H2,1-2H3. The lowest BCUT2D eigenvalue weighted by molar-refractivity contribution is 0.242. The molecule has 20 heavy (non-hydrogen) atoms. The van der Waals surface area contributed by atoms with E-state index >= 15 is 0 Å². The predicted octanol–water partition coefficient (Wildman–Crippen LogP) is 1.09. The van der Waals surface area contributed by atoms with E-state index in [9.17, 15) is 12.8 Å². The van der Waals surface area contributed by atoms with Gasteiger partial charge in [-0.05, 0) is 45.5 Å². The summed E-state index contributed by atoms with van der Waals surface area (Å²) < 4.78 is 40.8. The minimum absolute atomic E-state index is 0.119. The number of hydrogen-bond donors (Lipinski definition) is 2. The number of sulfonamides is 1. The number of nitrogens with two attached hydrogens (primary N) is 1. The molecule has 1 heterocycles. The first-order valence-corrected chi connectivity index (χ1v) is 8.04. The average molecular weight is 301 g/mol. The Kier molecular flexibility index (Phi) is 4.31. The van der Waals surface area contributed by atoms with E-state index in [1.165, 1.54) is 13.0 Å². The number of nitrogens with zero attached hydrogens (tertiary/aromatic N) is 1. The van der Waals surface area contributed by atoms with Gasteiger partial charge in [-0.1, -0.05) is 0 Å². The second-order valence-corrected chi connectivity index (χ2v) is 7.06. The van der Waals surface area contributed by atoms with Gasteiger partial charge in [0.25, 0.3) is 0 Å². The number of nitrogen functional groups attached to an aromatic ring is 1. The van der Waals surface area contributed by atoms with Crippen molar-refractivity contribution in [1.82, 2.24) is 9.62 Å². The third-order valence-corrected chi connectivity index (χ3v) is 5.11. The Hall–Kier alpha value is -1.18. The van der Waals surface area contributed by atoms with E-state index < -0.39 is 15.8 Å². The second-order valence-electron chi connectivity index (χ2n) is 5.34. The maximum Gasteiger partial charge on any atom is 0.241 e. The number of hydrogen-bond acceptors (Lipinski definition) is 4. The van der Waals surface area contributed by atoms with Crippen molar-refractivity contribution < 1.29 is 12.8 Å². The smallest absolute Gasteiger partial charge is 0.241 e. The summed E-state index contributed by atoms with van der Waals surface area (Å²) in [6.07, 6.45) is 1.72. The van der Waals surface area contributed by atoms with Crippen LogP contribution in [0.3, 0.4) is 0 Å². The van der Waals surface area contributed by atoms with Gasteiger partial charge < -0.3 is 10.6 Å². The minimum atomic E-state index is -3.74. The number of rotatable bonds is 3. The second kappa shape index (κ2) is 5.67. The summed E-state index contributed by atoms with van der Waals surface area (Å²) in [6.45, 7) is 3.14. The van der Waals surface area contributed by atoms with Gasteiger partial charge in [0.2, 0.25) is 10.0 Å². The van der Waals surface area contributed by atoms with Crippen LogP contribution in [0.15, 0.2) is 17.0 Å². The molecule has 5 nitrogen and oxygen atoms in total. The summed E-state index contributed by atoms with van der Waals surface area (Å²) in [7, 11) is -1.79. The van der Waals surface area contributed by atoms with Gasteiger partial charge in [-0.2, -0.15) is 0 Å². The average Bonchev–Trinajstić information content (AvgIpc) is 2.34. The Morgan fingerprint density at radius 3 is 2.75 bits per heavy atom. The maximum atomic E-state index is 13.6. The van der Waals surface area contributed by atoms with Crippen LogP contribution < -0.4 is 10.5 Å². The molecule has 7 heteroatoms. The molecule has 0 radical (unpaired) electrons. The molecule has 1 fully saturated rings. The Morgan fingerprint density at radius 2 is 2.15 bits per heavy atom. The molecule has 0 bridgehead atoms. The van der Waals surface area contributed by atoms with Crippen LogP contribution in [-0.2, 0) is 10.0 Å². The lowest BCUT2D eigenvalue weighted by Gasteiger charge is -2.30. The van der Waals surface area contributed by atoms with Crippen LogP contribution in [0.5, 0.6) is 0 Å². The molecule has 1 aromatic rings. The topological polar surface area (TPSA) is 75.4 Å². The van der Waals surface area contributed by atoms with Crippen molar-refractivity contribution in [1.29, 1.82) is 0 Å². The lowest BCUT2D eigenvalue weighted by Crippen LogP contribution is -2.46. The normalized spacial score (nSPS) is 21.1. The highest BCUT2D eigenvalue weighted by molar-refractivity contribution is 7.89. The highest BCUT2D eigenvalue weighted by Crippen LogP contribution is 2.21. The lowest BCUT2D eigenvalue weighted by atomic mass is 10.1. The van der Waals surface area contributed by atoms with Crippen molar-refractivity contribution in [3.8, 4) is 0 Å². The Bertz CT molecular complexity index is 581. The fourth-order valence-electron chi connectivity index (χ4n) is 2.38. The van der Waals surface area contributed by atoms with Gasteiger partial charge in [-0.25, -0.2) is 17.5 Å². The number of nitrogens with one attached hydrogen (secondary N) is 1. The van der Waals surface area contributed by atoms with E-state index in [4.69, 9.17) is 5.73 Å². The Labute approximate surface area is 119 Å². The number of anilines is 1. The molecular formula is C13H20FN3O2S. The number of halogens is 1. The summed E-state index contributed by atoms with van der Waals surface area (Å²) in [5, 5.41) is 0. The molecule has 0 saturated carbocycles. The highest BCUT2D eigenvalue weighted by Gasteiger charge is 2.24. The number of likely N-dealkylation sites (N-methyl/N-ethyl adjacent to an activating group) is 1. The molecular weight excluding hydrogens is 281 g/mol. The fourth-order valence-corrected chi connectivity index (χ4v) is 3.69. The number of benzene rings is 1. The summed E-state index contributed by atoms with van der Waals surface area (Å²) >= 11 is 0. The molecule has 1 aliphatic rings. The summed E-state index contributed by atoms with van der Waals surface area (Å²) in [5.74, 6) is -0.605. The monoisotopic (exact) mass is 301 g/mol. The third-order valence-electron chi connectivity index (χ3n) is 3.61. The Morgan fingerprint density at radius 1 is 1.45 bits per heavy atom. The van der Waals surface area contributed by atoms with Crippen LogP contribution in [0, 0.1) is 12.7 Å². The molecule has 3 N–H and O–H groups in total. The van der Waals surface area contributed by atoms with Crippen LogP contribution in [0.4, 0.5) is 10.1 Å². The van der Waals surface area contributed by atoms with Gasteiger partial charge in [-0.3, -0.25) is 0 Å². The minimum Gasteiger partial charge on any atom is -0.398 e. The summed E-state index contributed by atoms with van der Waals surface area (Å²) in [5.41, 5.74) is 6.04. The molecule has 1 atom stereocenters. The maximum absolute atomic E-state index is 13.6. The van der Waals surface area contributed by atoms with Crippen LogP contribution in [0.1, 0.15) is 18.4 Å². The molecule has 1 aliphatic heterocycles. The molecule has 112 valence electrons. The first-order chi connectivity index (χ1) is 9.29. The zero-order valence-electron chi connectivity index (χ0n) is 11.7. The molecule has 0 spiro atoms. The van der Waals surface area contributed by atoms with E-state index in [1.54, 1.807) is 0 Å². The van der Waals surface area contributed by atoms with Crippen molar-refractivity contribution in [2.24, 2.45) is 0 Å². The molecule has 1 unspecified atom stereocenters. The Balaban J connectivity index is 2.22. The van der Waals surface area contributed by atoms with E-state index in [1.807, 2.05) is 7.05 Å². The molecule has 2 rings (SSSR count). The van der Waals surface area contributed by atoms with Crippen molar-refractivity contribution in [2.75, 3.05) is 25.9 Å². The quantitative estimate of drug-likeness (QED) is 0.820. The van der Waals surface area contributed by atoms with Gasteiger partial charge in [0.1, 0.15) is 5.82 Å². The SMILES string of the molecule is Cc1c(N)cc(S(=O)(=O)NC2CCCN(C)C2)cc1F. The van der Waals surface area contributed by atoms with E-state index in [-0.39, 0.29) is 22.2 Å². The molecule has 1 saturated heterocycles. The van der Waals surface area contributed by atoms with Crippen molar-refractivity contribution in [2.45, 2.75) is 30.7 Å². The van der Waals surface area contributed by atoms with Gasteiger partial charge in [0.05, 0.1) is 4.90 Å². The van der Waals surface area contributed by atoms with Gasteiger partial charge >= 0.3 is 0 Å². The number of piperidine rings is 1. The van der Waals surface area contributed by atoms with Crippen molar-refractivity contribution >= 4 is 15.7 Å². The molecule has 0 amide bonds. The van der Waals surface area contributed by atoms with Crippen LogP contribution in [-0.4, -0.2) is 39.5 Å². The first-order valence-electron chi connectivity index (χ1n) is 6.56. The fraction of sp³-hybridized carbons (Fsp3) is 0.538. The zero-order valence-corrected chi connectivity index (χ0v) is 12.5. The highest BCUT2D eigenvalue weighted by atomic mass is 32.2. The third kappa shape index (κ3) is 3.28. The largest absolute Gasteiger partial charge is 0.398 e. The molecule has 0 aromatic heterocycles. The summed E-state index contributed by atoms with van der Waals surface area (Å²) in [4.78, 5) is 1.95. The molecule has 0 aliphatic carbocycles. The van der Waals surface area contributed by atoms with E-state index in [2.05, 4.69) is 9.62 Å². The van der Waals surface area contributed by atoms with E-state index in [0.717, 1.165) is 25.5 Å². The van der Waals surface area contributed by atoms with Crippen LogP contribution >= 0.6 is 0 Å². The van der Waals surface area contributed by atoms with E-state index in [0.29, 0.717) is 6.54 Å². The van der Waals surface area contributed by atoms with Gasteiger partial charge in [0, 0.05) is 23.8 Å². The van der Waals surface area contributed by atoms with Gasteiger partial charge in [0.15, 0.2) is 0 Å². The van der Waals surface area contributed by atoms with Crippen LogP contribution in [0.2, 0.25) is 0 Å². The van der Waals surface area contributed by atoms with Crippen LogP contribution in [0.25, 0.3) is 0 Å². The first kappa shape index (κ1) is 15.2. The molecule has 1 aromatic carbocycles. The number of likely N-dealkylation sites (tertiary alicyclic amines) is 1. The van der Waals surface area contributed by atoms with Crippen molar-refractivity contribution in [3.05, 3.63) is 23.5 Å². The zero-order chi connectivity index (χ0) is 14.9. The van der Waals surface area contributed by atoms with Crippen molar-refractivity contribution in [3.63, 3.8) is 0 Å². The summed E-state index contributed by atoms with van der Waals surface area (Å²) in [6, 6.07) is 2.16. The predicted molar refractivity (Wildman–Crippen MR) is 76.4 cm³/mol.